The molecule has 0 aliphatic rings. The van der Waals surface area contributed by atoms with Crippen LogP contribution in [0.4, 0.5) is 4.39 Å². The van der Waals surface area contributed by atoms with E-state index >= 15 is 0 Å². The van der Waals surface area contributed by atoms with Crippen LogP contribution in [-0.2, 0) is 17.8 Å². The maximum absolute atomic E-state index is 13.6. The fourth-order valence-corrected chi connectivity index (χ4v) is 2.47. The molecule has 3 nitrogen and oxygen atoms in total. The maximum atomic E-state index is 13.6. The van der Waals surface area contributed by atoms with E-state index in [2.05, 4.69) is 11.3 Å². The summed E-state index contributed by atoms with van der Waals surface area (Å²) in [5.41, 5.74) is 0.792. The number of phenols is 1. The van der Waals surface area contributed by atoms with E-state index in [1.165, 1.54) is 12.1 Å². The molecule has 0 bridgehead atoms. The highest BCUT2D eigenvalue weighted by Crippen LogP contribution is 2.31. The van der Waals surface area contributed by atoms with Gasteiger partial charge >= 0.3 is 0 Å². The van der Waals surface area contributed by atoms with E-state index in [1.54, 1.807) is 26.8 Å². The first-order chi connectivity index (χ1) is 9.72. The number of allylic oxidation sites excluding steroid dienone is 1. The zero-order chi connectivity index (χ0) is 16.2. The van der Waals surface area contributed by atoms with Crippen molar-refractivity contribution in [2.24, 2.45) is 0 Å². The van der Waals surface area contributed by atoms with Crippen LogP contribution >= 0.6 is 0 Å². The molecule has 2 N–H and O–H groups in total. The van der Waals surface area contributed by atoms with Crippen LogP contribution in [0.1, 0.15) is 46.2 Å². The van der Waals surface area contributed by atoms with Gasteiger partial charge in [-0.1, -0.05) is 6.08 Å². The van der Waals surface area contributed by atoms with Crippen LogP contribution in [0.15, 0.2) is 24.8 Å². The molecule has 0 saturated carbocycles. The van der Waals surface area contributed by atoms with E-state index in [0.717, 1.165) is 0 Å². The molecule has 20 heavy (non-hydrogen) atoms. The van der Waals surface area contributed by atoms with Crippen molar-refractivity contribution in [3.8, 4) is 5.75 Å². The van der Waals surface area contributed by atoms with Gasteiger partial charge in [0.15, 0.2) is 0 Å². The highest BCUT2D eigenvalue weighted by Gasteiger charge is 2.29. The van der Waals surface area contributed by atoms with Crippen molar-refractivity contribution in [1.29, 1.82) is 0 Å². The first-order valence-electron chi connectivity index (χ1n) is 7.03. The maximum Gasteiger partial charge on any atom is 0.136 e. The summed E-state index contributed by atoms with van der Waals surface area (Å²) in [5.74, 6) is -0.476. The number of benzene rings is 1. The topological polar surface area (TPSA) is 55.3 Å². The fraction of sp³-hybridized carbons (Fsp3) is 0.467. The van der Waals surface area contributed by atoms with Crippen molar-refractivity contribution >= 4 is 11.4 Å². The quantitative estimate of drug-likeness (QED) is 0.647. The molecule has 0 spiro atoms. The van der Waals surface area contributed by atoms with E-state index in [-0.39, 0.29) is 12.6 Å². The van der Waals surface area contributed by atoms with Gasteiger partial charge in [-0.3, -0.25) is 0 Å². The van der Waals surface area contributed by atoms with E-state index < -0.39 is 28.0 Å². The molecule has 0 aromatic heterocycles. The molecular formula is C15H22FNO2S. The van der Waals surface area contributed by atoms with Gasteiger partial charge in [0.1, 0.15) is 16.3 Å². The monoisotopic (exact) mass is 300 g/mol. The Labute approximate surface area is 124 Å². The Kier molecular flexibility index (Phi) is 5.07. The average molecular weight is 300 g/mol. The van der Waals surface area contributed by atoms with Gasteiger partial charge < -0.3 is 9.66 Å². The van der Waals surface area contributed by atoms with Crippen LogP contribution < -0.4 is 4.72 Å². The largest absolute Gasteiger partial charge is 0.598 e. The standard InChI is InChI=1S/C15H22FNO2S/c1-6-7-11-8-12(16)9-13(14(11)18)10(2)17-20(19)15(3,4)5/h6,8-10,17-18H,1,7H2,2-5H3/t10-,20-/m1/s1/i3D. The van der Waals surface area contributed by atoms with E-state index in [4.69, 9.17) is 1.37 Å². The number of nitrogens with one attached hydrogen (secondary N) is 1. The molecule has 2 atom stereocenters. The van der Waals surface area contributed by atoms with Gasteiger partial charge in [0, 0.05) is 23.9 Å². The van der Waals surface area contributed by atoms with E-state index in [0.29, 0.717) is 17.5 Å². The van der Waals surface area contributed by atoms with Crippen LogP contribution in [0.2, 0.25) is 0 Å². The van der Waals surface area contributed by atoms with Crippen molar-refractivity contribution in [3.63, 3.8) is 0 Å². The summed E-state index contributed by atoms with van der Waals surface area (Å²) in [4.78, 5) is 0. The Hall–Kier alpha value is -1.04. The Balaban J connectivity index is 3.02. The predicted molar refractivity (Wildman–Crippen MR) is 81.4 cm³/mol. The van der Waals surface area contributed by atoms with Gasteiger partial charge in [0.25, 0.3) is 0 Å². The highest BCUT2D eigenvalue weighted by molar-refractivity contribution is 7.90. The summed E-state index contributed by atoms with van der Waals surface area (Å²) in [6.45, 7) is 8.69. The molecule has 5 heteroatoms. The fourth-order valence-electron chi connectivity index (χ4n) is 1.70. The second-order valence-corrected chi connectivity index (χ2v) is 7.24. The molecular weight excluding hydrogens is 277 g/mol. The smallest absolute Gasteiger partial charge is 0.136 e. The lowest BCUT2D eigenvalue weighted by Gasteiger charge is -2.27. The molecule has 0 aliphatic carbocycles. The molecule has 0 unspecified atom stereocenters. The minimum atomic E-state index is -1.48. The Morgan fingerprint density at radius 2 is 2.30 bits per heavy atom. The van der Waals surface area contributed by atoms with Gasteiger partial charge in [-0.15, -0.1) is 11.3 Å². The Morgan fingerprint density at radius 3 is 2.85 bits per heavy atom. The van der Waals surface area contributed by atoms with E-state index in [9.17, 15) is 14.0 Å². The lowest BCUT2D eigenvalue weighted by Crippen LogP contribution is -2.40. The highest BCUT2D eigenvalue weighted by atomic mass is 32.2. The van der Waals surface area contributed by atoms with Crippen molar-refractivity contribution in [1.82, 2.24) is 4.72 Å². The van der Waals surface area contributed by atoms with Gasteiger partial charge in [0.05, 0.1) is 6.04 Å². The number of hydrogen-bond acceptors (Lipinski definition) is 3. The SMILES string of the molecule is [2H]CC(C)(C)[S@@+]([O-])N[C@H](C)c1cc(F)cc(CC=C)c1O. The van der Waals surface area contributed by atoms with Gasteiger partial charge in [0.2, 0.25) is 0 Å². The van der Waals surface area contributed by atoms with E-state index in [1.807, 2.05) is 0 Å². The number of hydrogen-bond donors (Lipinski definition) is 2. The van der Waals surface area contributed by atoms with Gasteiger partial charge in [-0.05, 0) is 46.2 Å². The Morgan fingerprint density at radius 1 is 1.65 bits per heavy atom. The van der Waals surface area contributed by atoms with Crippen LogP contribution in [0, 0.1) is 5.82 Å². The van der Waals surface area contributed by atoms with Crippen molar-refractivity contribution in [2.75, 3.05) is 0 Å². The summed E-state index contributed by atoms with van der Waals surface area (Å²) in [6, 6.07) is 1.98. The van der Waals surface area contributed by atoms with Gasteiger partial charge in [-0.2, -0.15) is 0 Å². The predicted octanol–water partition coefficient (Wildman–Crippen LogP) is 3.37. The van der Waals surface area contributed by atoms with Crippen molar-refractivity contribution in [2.45, 2.75) is 44.9 Å². The normalized spacial score (nSPS) is 15.6. The summed E-state index contributed by atoms with van der Waals surface area (Å²) in [5, 5.41) is 10.2. The first-order valence-corrected chi connectivity index (χ1v) is 7.47. The lowest BCUT2D eigenvalue weighted by atomic mass is 10.0. The molecule has 0 amide bonds. The average Bonchev–Trinajstić information content (AvgIpc) is 2.42. The van der Waals surface area contributed by atoms with Crippen molar-refractivity contribution in [3.05, 3.63) is 41.7 Å². The number of rotatable bonds is 5. The second-order valence-electron chi connectivity index (χ2n) is 5.36. The molecule has 1 aromatic rings. The summed E-state index contributed by atoms with van der Waals surface area (Å²) >= 11 is -1.48. The summed E-state index contributed by atoms with van der Waals surface area (Å²) in [6.07, 6.45) is 1.93. The van der Waals surface area contributed by atoms with Crippen molar-refractivity contribution < 1.29 is 15.4 Å². The third-order valence-corrected chi connectivity index (χ3v) is 4.37. The molecule has 0 fully saturated rings. The number of halogens is 1. The zero-order valence-electron chi connectivity index (χ0n) is 13.1. The number of aromatic hydroxyl groups is 1. The molecule has 0 heterocycles. The molecule has 112 valence electrons. The van der Waals surface area contributed by atoms with Crippen LogP contribution in [0.5, 0.6) is 5.75 Å². The minimum absolute atomic E-state index is 0.00379. The third-order valence-electron chi connectivity index (χ3n) is 2.80. The number of phenolic OH excluding ortho intramolecular Hbond substituents is 1. The first kappa shape index (κ1) is 15.4. The summed E-state index contributed by atoms with van der Waals surface area (Å²) in [7, 11) is 0. The second kappa shape index (κ2) is 6.61. The molecule has 1 rings (SSSR count). The van der Waals surface area contributed by atoms with Crippen LogP contribution in [0.3, 0.4) is 0 Å². The van der Waals surface area contributed by atoms with Crippen LogP contribution in [-0.4, -0.2) is 14.4 Å². The molecule has 0 saturated heterocycles. The summed E-state index contributed by atoms with van der Waals surface area (Å²) < 4.78 is 35.3. The Bertz CT molecular complexity index is 511. The lowest BCUT2D eigenvalue weighted by molar-refractivity contribution is 0.450. The molecule has 0 radical (unpaired) electrons. The zero-order valence-corrected chi connectivity index (χ0v) is 12.9. The third kappa shape index (κ3) is 4.23. The molecule has 0 aliphatic heterocycles. The molecule has 1 aromatic carbocycles. The van der Waals surface area contributed by atoms with Gasteiger partial charge in [-0.25, -0.2) is 4.39 Å². The minimum Gasteiger partial charge on any atom is -0.598 e. The van der Waals surface area contributed by atoms with Crippen LogP contribution in [0.25, 0.3) is 0 Å².